The topological polar surface area (TPSA) is 69.2 Å². The summed E-state index contributed by atoms with van der Waals surface area (Å²) >= 11 is 5.76. The van der Waals surface area contributed by atoms with E-state index < -0.39 is 0 Å². The zero-order chi connectivity index (χ0) is 13.7. The normalized spacial score (nSPS) is 10.3. The molecule has 2 rings (SSSR count). The molecule has 0 saturated carbocycles. The second-order valence-electron chi connectivity index (χ2n) is 3.61. The third-order valence-electron chi connectivity index (χ3n) is 2.29. The Kier molecular flexibility index (Phi) is 4.48. The van der Waals surface area contributed by atoms with Crippen LogP contribution >= 0.6 is 11.6 Å². The highest BCUT2D eigenvalue weighted by Gasteiger charge is 2.09. The summed E-state index contributed by atoms with van der Waals surface area (Å²) in [6.45, 7) is 0.673. The van der Waals surface area contributed by atoms with Crippen molar-refractivity contribution in [1.29, 1.82) is 0 Å². The molecule has 0 spiro atoms. The van der Waals surface area contributed by atoms with Crippen molar-refractivity contribution in [3.8, 4) is 17.8 Å². The molecule has 0 radical (unpaired) electrons. The van der Waals surface area contributed by atoms with E-state index in [0.717, 1.165) is 5.56 Å². The number of para-hydroxylation sites is 1. The zero-order valence-electron chi connectivity index (χ0n) is 10.6. The lowest BCUT2D eigenvalue weighted by Gasteiger charge is -2.09. The molecule has 19 heavy (non-hydrogen) atoms. The lowest BCUT2D eigenvalue weighted by molar-refractivity contribution is 0.358. The summed E-state index contributed by atoms with van der Waals surface area (Å²) in [6.07, 6.45) is 0. The molecule has 0 fully saturated rings. The van der Waals surface area contributed by atoms with Crippen LogP contribution in [0.4, 0.5) is 0 Å². The van der Waals surface area contributed by atoms with Crippen molar-refractivity contribution in [3.05, 3.63) is 35.1 Å². The fraction of sp³-hybridized carbons (Fsp3) is 0.250. The van der Waals surface area contributed by atoms with Crippen molar-refractivity contribution in [2.45, 2.75) is 6.54 Å². The Morgan fingerprint density at radius 2 is 1.89 bits per heavy atom. The lowest BCUT2D eigenvalue weighted by atomic mass is 10.2. The number of nitrogens with one attached hydrogen (secondary N) is 1. The fourth-order valence-electron chi connectivity index (χ4n) is 1.49. The smallest absolute Gasteiger partial charge is 0.329 e. The van der Waals surface area contributed by atoms with E-state index in [9.17, 15) is 0 Å². The molecule has 1 N–H and O–H groups in total. The molecule has 6 nitrogen and oxygen atoms in total. The van der Waals surface area contributed by atoms with Crippen LogP contribution in [0.2, 0.25) is 5.28 Å². The first-order valence-corrected chi connectivity index (χ1v) is 5.96. The molecule has 0 unspecified atom stereocenters. The number of benzene rings is 1. The van der Waals surface area contributed by atoms with Crippen LogP contribution in [0.3, 0.4) is 0 Å². The molecule has 0 saturated heterocycles. The van der Waals surface area contributed by atoms with Gasteiger partial charge in [0.15, 0.2) is 0 Å². The number of hydrogen-bond acceptors (Lipinski definition) is 6. The standard InChI is InChI=1S/C12H13ClN4O2/c1-14-7-8-5-3-4-6-9(8)19-12-16-10(13)15-11(17-12)18-2/h3-6,14H,7H2,1-2H3. The fourth-order valence-corrected chi connectivity index (χ4v) is 1.63. The van der Waals surface area contributed by atoms with Gasteiger partial charge in [-0.25, -0.2) is 0 Å². The van der Waals surface area contributed by atoms with Gasteiger partial charge in [0.05, 0.1) is 7.11 Å². The number of rotatable bonds is 5. The second-order valence-corrected chi connectivity index (χ2v) is 3.95. The van der Waals surface area contributed by atoms with Gasteiger partial charge in [0.25, 0.3) is 0 Å². The first-order chi connectivity index (χ1) is 9.22. The number of aromatic nitrogens is 3. The van der Waals surface area contributed by atoms with Crippen LogP contribution < -0.4 is 14.8 Å². The van der Waals surface area contributed by atoms with Crippen LogP contribution in [0, 0.1) is 0 Å². The first-order valence-electron chi connectivity index (χ1n) is 5.59. The van der Waals surface area contributed by atoms with Crippen LogP contribution in [0.1, 0.15) is 5.56 Å². The van der Waals surface area contributed by atoms with E-state index in [2.05, 4.69) is 20.3 Å². The maximum atomic E-state index is 5.76. The van der Waals surface area contributed by atoms with Crippen LogP contribution in [-0.2, 0) is 6.54 Å². The second kappa shape index (κ2) is 6.31. The molecule has 0 aliphatic heterocycles. The molecule has 1 aromatic carbocycles. The van der Waals surface area contributed by atoms with Crippen molar-refractivity contribution in [3.63, 3.8) is 0 Å². The Labute approximate surface area is 115 Å². The largest absolute Gasteiger partial charge is 0.467 e. The Bertz CT molecular complexity index is 565. The number of methoxy groups -OCH3 is 1. The summed E-state index contributed by atoms with van der Waals surface area (Å²) in [5.74, 6) is 0.654. The first kappa shape index (κ1) is 13.5. The summed E-state index contributed by atoms with van der Waals surface area (Å²) < 4.78 is 10.5. The predicted octanol–water partition coefficient (Wildman–Crippen LogP) is 2.05. The number of nitrogens with zero attached hydrogens (tertiary/aromatic N) is 3. The molecule has 1 heterocycles. The molecular weight excluding hydrogens is 268 g/mol. The van der Waals surface area contributed by atoms with Gasteiger partial charge in [0, 0.05) is 12.1 Å². The highest BCUT2D eigenvalue weighted by atomic mass is 35.5. The highest BCUT2D eigenvalue weighted by molar-refractivity contribution is 6.28. The van der Waals surface area contributed by atoms with Crippen molar-refractivity contribution >= 4 is 11.6 Å². The van der Waals surface area contributed by atoms with Gasteiger partial charge in [-0.1, -0.05) is 18.2 Å². The monoisotopic (exact) mass is 280 g/mol. The predicted molar refractivity (Wildman–Crippen MR) is 70.7 cm³/mol. The number of halogens is 1. The van der Waals surface area contributed by atoms with Crippen molar-refractivity contribution in [2.24, 2.45) is 0 Å². The van der Waals surface area contributed by atoms with Crippen LogP contribution in [-0.4, -0.2) is 29.1 Å². The Morgan fingerprint density at radius 1 is 1.16 bits per heavy atom. The van der Waals surface area contributed by atoms with Gasteiger partial charge < -0.3 is 14.8 Å². The van der Waals surface area contributed by atoms with Crippen LogP contribution in [0.5, 0.6) is 17.8 Å². The van der Waals surface area contributed by atoms with Gasteiger partial charge in [-0.15, -0.1) is 4.98 Å². The Balaban J connectivity index is 2.28. The van der Waals surface area contributed by atoms with E-state index in [1.807, 2.05) is 31.3 Å². The van der Waals surface area contributed by atoms with Gasteiger partial charge in [0.1, 0.15) is 5.75 Å². The van der Waals surface area contributed by atoms with Gasteiger partial charge in [-0.3, -0.25) is 0 Å². The average Bonchev–Trinajstić information content (AvgIpc) is 2.40. The van der Waals surface area contributed by atoms with Crippen molar-refractivity contribution in [2.75, 3.05) is 14.2 Å². The number of ether oxygens (including phenoxy) is 2. The molecular formula is C12H13ClN4O2. The summed E-state index contributed by atoms with van der Waals surface area (Å²) in [7, 11) is 3.31. The van der Waals surface area contributed by atoms with Crippen molar-refractivity contribution < 1.29 is 9.47 Å². The van der Waals surface area contributed by atoms with E-state index in [1.165, 1.54) is 7.11 Å². The summed E-state index contributed by atoms with van der Waals surface area (Å²) in [5, 5.41) is 3.08. The quantitative estimate of drug-likeness (QED) is 0.904. The van der Waals surface area contributed by atoms with Crippen LogP contribution in [0.15, 0.2) is 24.3 Å². The summed E-state index contributed by atoms with van der Waals surface area (Å²) in [6, 6.07) is 7.79. The van der Waals surface area contributed by atoms with E-state index in [-0.39, 0.29) is 17.3 Å². The highest BCUT2D eigenvalue weighted by Crippen LogP contribution is 2.24. The summed E-state index contributed by atoms with van der Waals surface area (Å²) in [4.78, 5) is 11.7. The molecule has 0 aliphatic carbocycles. The molecule has 0 atom stereocenters. The lowest BCUT2D eigenvalue weighted by Crippen LogP contribution is -2.07. The minimum Gasteiger partial charge on any atom is -0.467 e. The Hall–Kier alpha value is -1.92. The molecule has 0 bridgehead atoms. The van der Waals surface area contributed by atoms with Gasteiger partial charge in [-0.05, 0) is 24.7 Å². The van der Waals surface area contributed by atoms with Crippen molar-refractivity contribution in [1.82, 2.24) is 20.3 Å². The van der Waals surface area contributed by atoms with Gasteiger partial charge in [0.2, 0.25) is 5.28 Å². The minimum absolute atomic E-state index is 0.0212. The maximum Gasteiger partial charge on any atom is 0.329 e. The molecule has 2 aromatic rings. The minimum atomic E-state index is 0.0212. The van der Waals surface area contributed by atoms with E-state index in [0.29, 0.717) is 12.3 Å². The third-order valence-corrected chi connectivity index (χ3v) is 2.46. The van der Waals surface area contributed by atoms with E-state index in [4.69, 9.17) is 21.1 Å². The third kappa shape index (κ3) is 3.52. The average molecular weight is 281 g/mol. The van der Waals surface area contributed by atoms with Crippen LogP contribution in [0.25, 0.3) is 0 Å². The van der Waals surface area contributed by atoms with Gasteiger partial charge >= 0.3 is 12.0 Å². The Morgan fingerprint density at radius 3 is 2.63 bits per heavy atom. The molecule has 0 aliphatic rings. The molecule has 1 aromatic heterocycles. The van der Waals surface area contributed by atoms with Gasteiger partial charge in [-0.2, -0.15) is 9.97 Å². The molecule has 100 valence electrons. The number of hydrogen-bond donors (Lipinski definition) is 1. The zero-order valence-corrected chi connectivity index (χ0v) is 11.3. The molecule has 0 amide bonds. The summed E-state index contributed by atoms with van der Waals surface area (Å²) in [5.41, 5.74) is 0.987. The maximum absolute atomic E-state index is 5.76. The SMILES string of the molecule is CNCc1ccccc1Oc1nc(Cl)nc(OC)n1. The molecule has 7 heteroatoms. The van der Waals surface area contributed by atoms with E-state index in [1.54, 1.807) is 0 Å². The van der Waals surface area contributed by atoms with E-state index >= 15 is 0 Å².